The van der Waals surface area contributed by atoms with Crippen molar-refractivity contribution in [3.8, 4) is 0 Å². The van der Waals surface area contributed by atoms with Gasteiger partial charge in [-0.25, -0.2) is 9.78 Å². The minimum atomic E-state index is -0.337. The third-order valence-corrected chi connectivity index (χ3v) is 2.73. The van der Waals surface area contributed by atoms with Gasteiger partial charge in [0.1, 0.15) is 0 Å². The Morgan fingerprint density at radius 1 is 1.53 bits per heavy atom. The first-order chi connectivity index (χ1) is 8.29. The van der Waals surface area contributed by atoms with E-state index < -0.39 is 0 Å². The first kappa shape index (κ1) is 11.7. The molecule has 5 heteroatoms. The third kappa shape index (κ3) is 3.10. The van der Waals surface area contributed by atoms with Crippen LogP contribution < -0.4 is 0 Å². The van der Waals surface area contributed by atoms with E-state index in [2.05, 4.69) is 9.97 Å². The summed E-state index contributed by atoms with van der Waals surface area (Å²) in [7, 11) is 0. The molecule has 0 radical (unpaired) electrons. The molecule has 0 unspecified atom stereocenters. The number of para-hydroxylation sites is 2. The summed E-state index contributed by atoms with van der Waals surface area (Å²) in [6.45, 7) is 2.16. The van der Waals surface area contributed by atoms with Gasteiger partial charge >= 0.3 is 5.97 Å². The number of aromatic nitrogens is 2. The lowest BCUT2D eigenvalue weighted by atomic mass is 10.3. The van der Waals surface area contributed by atoms with Crippen LogP contribution in [0.1, 0.15) is 6.92 Å². The minimum Gasteiger partial charge on any atom is -0.463 e. The van der Waals surface area contributed by atoms with Gasteiger partial charge in [0, 0.05) is 6.08 Å². The van der Waals surface area contributed by atoms with Crippen molar-refractivity contribution in [1.82, 2.24) is 9.97 Å². The number of fused-ring (bicyclic) bond motifs is 1. The van der Waals surface area contributed by atoms with Crippen molar-refractivity contribution in [3.63, 3.8) is 0 Å². The van der Waals surface area contributed by atoms with E-state index in [1.807, 2.05) is 24.3 Å². The number of rotatable bonds is 4. The Kier molecular flexibility index (Phi) is 3.82. The van der Waals surface area contributed by atoms with Crippen LogP contribution in [-0.4, -0.2) is 22.5 Å². The second-order valence-electron chi connectivity index (χ2n) is 3.23. The van der Waals surface area contributed by atoms with Crippen LogP contribution >= 0.6 is 11.8 Å². The molecule has 0 amide bonds. The molecule has 1 N–H and O–H groups in total. The monoisotopic (exact) mass is 248 g/mol. The maximum Gasteiger partial charge on any atom is 0.331 e. The Morgan fingerprint density at radius 2 is 2.35 bits per heavy atom. The molecule has 0 saturated carbocycles. The van der Waals surface area contributed by atoms with Crippen molar-refractivity contribution < 1.29 is 9.53 Å². The molecular weight excluding hydrogens is 236 g/mol. The van der Waals surface area contributed by atoms with Gasteiger partial charge in [-0.1, -0.05) is 23.9 Å². The Hall–Kier alpha value is -1.75. The molecule has 4 nitrogen and oxygen atoms in total. The Morgan fingerprint density at radius 3 is 3.12 bits per heavy atom. The molecule has 0 bridgehead atoms. The van der Waals surface area contributed by atoms with E-state index >= 15 is 0 Å². The molecule has 2 rings (SSSR count). The quantitative estimate of drug-likeness (QED) is 0.513. The molecule has 0 atom stereocenters. The number of thioether (sulfide) groups is 1. The maximum atomic E-state index is 11.1. The van der Waals surface area contributed by atoms with Crippen molar-refractivity contribution in [3.05, 3.63) is 35.7 Å². The predicted octanol–water partition coefficient (Wildman–Crippen LogP) is 2.73. The second-order valence-corrected chi connectivity index (χ2v) is 4.13. The third-order valence-electron chi connectivity index (χ3n) is 2.04. The molecule has 0 spiro atoms. The number of carbonyl (C=O) groups excluding carboxylic acids is 1. The smallest absolute Gasteiger partial charge is 0.331 e. The first-order valence-corrected chi connectivity index (χ1v) is 6.12. The van der Waals surface area contributed by atoms with E-state index in [1.54, 1.807) is 12.3 Å². The van der Waals surface area contributed by atoms with Gasteiger partial charge in [-0.05, 0) is 24.5 Å². The largest absolute Gasteiger partial charge is 0.463 e. The van der Waals surface area contributed by atoms with E-state index in [0.717, 1.165) is 16.2 Å². The number of nitrogens with one attached hydrogen (secondary N) is 1. The molecule has 17 heavy (non-hydrogen) atoms. The van der Waals surface area contributed by atoms with Crippen molar-refractivity contribution in [2.45, 2.75) is 12.1 Å². The van der Waals surface area contributed by atoms with Crippen LogP contribution in [-0.2, 0) is 9.53 Å². The Bertz CT molecular complexity index is 515. The van der Waals surface area contributed by atoms with Crippen molar-refractivity contribution in [1.29, 1.82) is 0 Å². The van der Waals surface area contributed by atoms with Crippen LogP contribution in [0.4, 0.5) is 0 Å². The van der Waals surface area contributed by atoms with Crippen LogP contribution in [0.2, 0.25) is 0 Å². The van der Waals surface area contributed by atoms with Crippen LogP contribution in [0.5, 0.6) is 0 Å². The van der Waals surface area contributed by atoms with Gasteiger partial charge in [0.15, 0.2) is 5.16 Å². The molecule has 1 aromatic carbocycles. The van der Waals surface area contributed by atoms with Crippen molar-refractivity contribution >= 4 is 28.8 Å². The summed E-state index contributed by atoms with van der Waals surface area (Å²) in [5.41, 5.74) is 1.90. The van der Waals surface area contributed by atoms with E-state index in [-0.39, 0.29) is 5.97 Å². The molecule has 2 aromatic rings. The van der Waals surface area contributed by atoms with Gasteiger partial charge in [0.05, 0.1) is 17.6 Å². The van der Waals surface area contributed by atoms with Gasteiger partial charge in [-0.2, -0.15) is 0 Å². The maximum absolute atomic E-state index is 11.1. The number of imidazole rings is 1. The molecule has 0 aliphatic rings. The summed E-state index contributed by atoms with van der Waals surface area (Å²) in [5, 5.41) is 2.42. The van der Waals surface area contributed by atoms with Gasteiger partial charge < -0.3 is 9.72 Å². The van der Waals surface area contributed by atoms with E-state index in [4.69, 9.17) is 4.74 Å². The molecule has 1 aromatic heterocycles. The average Bonchev–Trinajstić information content (AvgIpc) is 2.71. The van der Waals surface area contributed by atoms with Crippen molar-refractivity contribution in [2.24, 2.45) is 0 Å². The highest BCUT2D eigenvalue weighted by molar-refractivity contribution is 8.02. The standard InChI is InChI=1S/C12H12N2O2S/c1-2-16-11(15)7-8-17-12-13-9-5-3-4-6-10(9)14-12/h3-8H,2H2,1H3,(H,13,14). The van der Waals surface area contributed by atoms with Crippen LogP contribution in [0.25, 0.3) is 11.0 Å². The average molecular weight is 248 g/mol. The zero-order valence-corrected chi connectivity index (χ0v) is 10.2. The molecule has 88 valence electrons. The number of hydrogen-bond acceptors (Lipinski definition) is 4. The van der Waals surface area contributed by atoms with Crippen LogP contribution in [0.15, 0.2) is 40.9 Å². The predicted molar refractivity (Wildman–Crippen MR) is 67.7 cm³/mol. The van der Waals surface area contributed by atoms with Gasteiger partial charge in [0.2, 0.25) is 0 Å². The lowest BCUT2D eigenvalue weighted by Crippen LogP contribution is -1.98. The topological polar surface area (TPSA) is 55.0 Å². The fourth-order valence-electron chi connectivity index (χ4n) is 1.33. The molecule has 0 aliphatic heterocycles. The van der Waals surface area contributed by atoms with Gasteiger partial charge in [-0.15, -0.1) is 0 Å². The number of esters is 1. The summed E-state index contributed by atoms with van der Waals surface area (Å²) in [6.07, 6.45) is 1.39. The molecule has 1 heterocycles. The normalized spacial score (nSPS) is 11.1. The number of carbonyl (C=O) groups is 1. The number of H-pyrrole nitrogens is 1. The Labute approximate surface area is 103 Å². The summed E-state index contributed by atoms with van der Waals surface area (Å²) in [6, 6.07) is 7.78. The number of hydrogen-bond donors (Lipinski definition) is 1. The molecule has 0 saturated heterocycles. The highest BCUT2D eigenvalue weighted by Gasteiger charge is 2.00. The SMILES string of the molecule is CCOC(=O)C=CSc1nc2ccccc2[nH]1. The van der Waals surface area contributed by atoms with Gasteiger partial charge in [0.25, 0.3) is 0 Å². The molecule has 0 fully saturated rings. The fraction of sp³-hybridized carbons (Fsp3) is 0.167. The lowest BCUT2D eigenvalue weighted by molar-refractivity contribution is -0.137. The van der Waals surface area contributed by atoms with Crippen LogP contribution in [0.3, 0.4) is 0 Å². The molecular formula is C12H12N2O2S. The number of aromatic amines is 1. The highest BCUT2D eigenvalue weighted by atomic mass is 32.2. The number of benzene rings is 1. The van der Waals surface area contributed by atoms with E-state index in [1.165, 1.54) is 17.8 Å². The van der Waals surface area contributed by atoms with Crippen molar-refractivity contribution in [2.75, 3.05) is 6.61 Å². The summed E-state index contributed by atoms with van der Waals surface area (Å²) in [5.74, 6) is -0.337. The number of ether oxygens (including phenoxy) is 1. The second kappa shape index (κ2) is 5.54. The summed E-state index contributed by atoms with van der Waals surface area (Å²) >= 11 is 1.35. The molecule has 0 aliphatic carbocycles. The minimum absolute atomic E-state index is 0.337. The summed E-state index contributed by atoms with van der Waals surface area (Å²) < 4.78 is 4.77. The fourth-order valence-corrected chi connectivity index (χ4v) is 1.96. The van der Waals surface area contributed by atoms with Crippen LogP contribution in [0, 0.1) is 0 Å². The zero-order valence-electron chi connectivity index (χ0n) is 9.34. The number of nitrogens with zero attached hydrogens (tertiary/aromatic N) is 1. The zero-order chi connectivity index (χ0) is 12.1. The summed E-state index contributed by atoms with van der Waals surface area (Å²) in [4.78, 5) is 18.6. The first-order valence-electron chi connectivity index (χ1n) is 5.24. The highest BCUT2D eigenvalue weighted by Crippen LogP contribution is 2.19. The van der Waals surface area contributed by atoms with Gasteiger partial charge in [-0.3, -0.25) is 0 Å². The lowest BCUT2D eigenvalue weighted by Gasteiger charge is -1.93. The van der Waals surface area contributed by atoms with E-state index in [0.29, 0.717) is 6.61 Å². The van der Waals surface area contributed by atoms with E-state index in [9.17, 15) is 4.79 Å². The Balaban J connectivity index is 2.01.